The molecule has 8 aromatic carbocycles. The van der Waals surface area contributed by atoms with Crippen LogP contribution in [0.2, 0.25) is 0 Å². The first-order valence-corrected chi connectivity index (χ1v) is 19.7. The number of fused-ring (bicyclic) bond motifs is 12. The molecular weight excluding hydrogens is 723 g/mol. The van der Waals surface area contributed by atoms with Gasteiger partial charge in [0.15, 0.2) is 17.5 Å². The number of hydrogen-bond acceptors (Lipinski definition) is 5. The van der Waals surface area contributed by atoms with Gasteiger partial charge in [0.1, 0.15) is 17.6 Å². The summed E-state index contributed by atoms with van der Waals surface area (Å²) in [6.07, 6.45) is 0. The van der Waals surface area contributed by atoms with Gasteiger partial charge in [-0.2, -0.15) is 5.26 Å². The number of ether oxygens (including phenoxy) is 1. The molecule has 12 rings (SSSR count). The van der Waals surface area contributed by atoms with Crippen LogP contribution in [0.25, 0.3) is 72.8 Å². The Hall–Kier alpha value is -8.14. The molecule has 0 saturated carbocycles. The van der Waals surface area contributed by atoms with Gasteiger partial charge in [0.2, 0.25) is 0 Å². The van der Waals surface area contributed by atoms with Crippen LogP contribution in [0.4, 0.5) is 0 Å². The molecule has 274 valence electrons. The molecule has 0 atom stereocenters. The van der Waals surface area contributed by atoms with E-state index in [9.17, 15) is 5.26 Å². The fourth-order valence-electron chi connectivity index (χ4n) is 9.47. The third-order valence-electron chi connectivity index (χ3n) is 12.0. The molecule has 6 heteroatoms. The Morgan fingerprint density at radius 1 is 0.441 bits per heavy atom. The lowest BCUT2D eigenvalue weighted by molar-refractivity contribution is 0.436. The summed E-state index contributed by atoms with van der Waals surface area (Å²) in [7, 11) is 0. The summed E-state index contributed by atoms with van der Waals surface area (Å²) in [5.74, 6) is 3.33. The second-order valence-electron chi connectivity index (χ2n) is 15.0. The molecule has 0 bridgehead atoms. The highest BCUT2D eigenvalue weighted by Gasteiger charge is 2.51. The molecule has 0 amide bonds. The second kappa shape index (κ2) is 12.7. The summed E-state index contributed by atoms with van der Waals surface area (Å²) in [5.41, 5.74) is 12.2. The third kappa shape index (κ3) is 4.76. The van der Waals surface area contributed by atoms with E-state index in [-0.39, 0.29) is 0 Å². The average Bonchev–Trinajstić information content (AvgIpc) is 3.78. The zero-order valence-corrected chi connectivity index (χ0v) is 31.5. The van der Waals surface area contributed by atoms with Crippen LogP contribution >= 0.6 is 0 Å². The van der Waals surface area contributed by atoms with E-state index in [4.69, 9.17) is 19.7 Å². The first-order chi connectivity index (χ1) is 29.2. The first-order valence-electron chi connectivity index (χ1n) is 19.7. The summed E-state index contributed by atoms with van der Waals surface area (Å²) >= 11 is 0. The summed E-state index contributed by atoms with van der Waals surface area (Å²) < 4.78 is 8.86. The molecule has 10 aromatic rings. The highest BCUT2D eigenvalue weighted by Crippen LogP contribution is 2.62. The topological polar surface area (TPSA) is 76.6 Å². The van der Waals surface area contributed by atoms with Crippen LogP contribution in [-0.2, 0) is 5.41 Å². The van der Waals surface area contributed by atoms with E-state index in [1.54, 1.807) is 0 Å². The molecular formula is C53H31N5O. The minimum absolute atomic E-state index is 0.498. The van der Waals surface area contributed by atoms with Crippen LogP contribution in [0.3, 0.4) is 0 Å². The molecule has 2 aliphatic rings. The number of benzene rings is 8. The Labute approximate surface area is 339 Å². The van der Waals surface area contributed by atoms with Gasteiger partial charge in [0.05, 0.1) is 27.7 Å². The van der Waals surface area contributed by atoms with Crippen LogP contribution < -0.4 is 4.74 Å². The van der Waals surface area contributed by atoms with Crippen molar-refractivity contribution in [2.24, 2.45) is 0 Å². The Kier molecular flexibility index (Phi) is 7.11. The van der Waals surface area contributed by atoms with Gasteiger partial charge in [-0.1, -0.05) is 140 Å². The van der Waals surface area contributed by atoms with E-state index in [2.05, 4.69) is 108 Å². The predicted octanol–water partition coefficient (Wildman–Crippen LogP) is 12.3. The summed E-state index contributed by atoms with van der Waals surface area (Å²) in [6.45, 7) is 0. The first kappa shape index (κ1) is 33.0. The molecule has 59 heavy (non-hydrogen) atoms. The van der Waals surface area contributed by atoms with Crippen molar-refractivity contribution in [3.63, 3.8) is 0 Å². The Morgan fingerprint density at radius 3 is 1.66 bits per heavy atom. The quantitative estimate of drug-likeness (QED) is 0.179. The standard InChI is InChI=1S/C53H31N5O/c54-32-36-29-35(52-56-50(33-15-3-1-4-16-33)55-51(57-52)34-17-5-2-6-18-34)27-28-45(36)58-46-24-12-8-20-38(46)40-30-39-37-19-7-9-21-41(37)53(44(39)31-47(40)58)42-22-10-13-25-48(42)59-49-26-14-11-23-43(49)53/h1-31H. The van der Waals surface area contributed by atoms with Gasteiger partial charge in [0, 0.05) is 38.6 Å². The minimum Gasteiger partial charge on any atom is -0.457 e. The highest BCUT2D eigenvalue weighted by molar-refractivity contribution is 6.12. The average molecular weight is 754 g/mol. The zero-order chi connectivity index (χ0) is 39.1. The van der Waals surface area contributed by atoms with Crippen LogP contribution in [0.15, 0.2) is 188 Å². The van der Waals surface area contributed by atoms with Crippen molar-refractivity contribution in [2.45, 2.75) is 5.41 Å². The van der Waals surface area contributed by atoms with Crippen molar-refractivity contribution in [1.82, 2.24) is 19.5 Å². The van der Waals surface area contributed by atoms with Crippen molar-refractivity contribution in [2.75, 3.05) is 0 Å². The van der Waals surface area contributed by atoms with Crippen LogP contribution in [0.1, 0.15) is 27.8 Å². The SMILES string of the molecule is N#Cc1cc(-c2nc(-c3ccccc3)nc(-c3ccccc3)n2)ccc1-n1c2ccccc2c2cc3c(cc21)C1(c2ccccc2Oc2ccccc21)c1ccccc1-3. The van der Waals surface area contributed by atoms with E-state index < -0.39 is 5.41 Å². The van der Waals surface area contributed by atoms with Crippen molar-refractivity contribution < 1.29 is 4.74 Å². The lowest BCUT2D eigenvalue weighted by Crippen LogP contribution is -2.32. The lowest BCUT2D eigenvalue weighted by Gasteiger charge is -2.39. The number of nitriles is 1. The third-order valence-corrected chi connectivity index (χ3v) is 12.0. The molecule has 3 heterocycles. The summed E-state index contributed by atoms with van der Waals surface area (Å²) in [5, 5.41) is 13.2. The molecule has 1 spiro atoms. The molecule has 0 N–H and O–H groups in total. The van der Waals surface area contributed by atoms with Crippen molar-refractivity contribution in [3.8, 4) is 68.5 Å². The summed E-state index contributed by atoms with van der Waals surface area (Å²) in [4.78, 5) is 14.8. The second-order valence-corrected chi connectivity index (χ2v) is 15.0. The fourth-order valence-corrected chi connectivity index (χ4v) is 9.47. The van der Waals surface area contributed by atoms with E-state index >= 15 is 0 Å². The Bertz CT molecular complexity index is 3280. The van der Waals surface area contributed by atoms with E-state index in [1.807, 2.05) is 91.0 Å². The van der Waals surface area contributed by atoms with E-state index in [0.717, 1.165) is 66.8 Å². The maximum absolute atomic E-state index is 11.0. The van der Waals surface area contributed by atoms with Gasteiger partial charge in [-0.05, 0) is 70.8 Å². The minimum atomic E-state index is -0.625. The van der Waals surface area contributed by atoms with Crippen molar-refractivity contribution in [1.29, 1.82) is 5.26 Å². The molecule has 1 aliphatic heterocycles. The molecule has 0 unspecified atom stereocenters. The van der Waals surface area contributed by atoms with Crippen LogP contribution in [-0.4, -0.2) is 19.5 Å². The monoisotopic (exact) mass is 753 g/mol. The molecule has 1 aliphatic carbocycles. The molecule has 0 radical (unpaired) electrons. The maximum Gasteiger partial charge on any atom is 0.164 e. The molecule has 6 nitrogen and oxygen atoms in total. The fraction of sp³-hybridized carbons (Fsp3) is 0.0189. The number of hydrogen-bond donors (Lipinski definition) is 0. The van der Waals surface area contributed by atoms with Gasteiger partial charge in [-0.25, -0.2) is 15.0 Å². The van der Waals surface area contributed by atoms with Gasteiger partial charge < -0.3 is 9.30 Å². The predicted molar refractivity (Wildman–Crippen MR) is 233 cm³/mol. The molecule has 2 aromatic heterocycles. The smallest absolute Gasteiger partial charge is 0.164 e. The molecule has 0 fully saturated rings. The summed E-state index contributed by atoms with van der Waals surface area (Å²) in [6, 6.07) is 67.2. The van der Waals surface area contributed by atoms with E-state index in [1.165, 1.54) is 22.3 Å². The molecule has 0 saturated heterocycles. The van der Waals surface area contributed by atoms with Crippen molar-refractivity contribution >= 4 is 21.8 Å². The van der Waals surface area contributed by atoms with Crippen LogP contribution in [0.5, 0.6) is 11.5 Å². The van der Waals surface area contributed by atoms with Gasteiger partial charge in [-0.15, -0.1) is 0 Å². The largest absolute Gasteiger partial charge is 0.457 e. The number of nitrogens with zero attached hydrogens (tertiary/aromatic N) is 5. The van der Waals surface area contributed by atoms with Crippen LogP contribution in [0, 0.1) is 11.3 Å². The number of para-hydroxylation sites is 3. The lowest BCUT2D eigenvalue weighted by atomic mass is 9.66. The zero-order valence-electron chi connectivity index (χ0n) is 31.5. The van der Waals surface area contributed by atoms with Gasteiger partial charge in [-0.3, -0.25) is 0 Å². The van der Waals surface area contributed by atoms with E-state index in [0.29, 0.717) is 23.0 Å². The number of aromatic nitrogens is 4. The normalized spacial score (nSPS) is 13.0. The maximum atomic E-state index is 11.0. The van der Waals surface area contributed by atoms with Crippen molar-refractivity contribution in [3.05, 3.63) is 216 Å². The van der Waals surface area contributed by atoms with Gasteiger partial charge in [0.25, 0.3) is 0 Å². The Balaban J connectivity index is 1.11. The van der Waals surface area contributed by atoms with Gasteiger partial charge >= 0.3 is 0 Å². The number of rotatable bonds is 4. The Morgan fingerprint density at radius 2 is 1.00 bits per heavy atom. The highest BCUT2D eigenvalue weighted by atomic mass is 16.5.